The Bertz CT molecular complexity index is 1060. The van der Waals surface area contributed by atoms with Crippen molar-refractivity contribution in [2.24, 2.45) is 29.1 Å². The van der Waals surface area contributed by atoms with Gasteiger partial charge in [-0.05, 0) is 61.5 Å². The largest absolute Gasteiger partial charge is 0.484 e. The van der Waals surface area contributed by atoms with E-state index in [1.165, 1.54) is 50.7 Å². The molecule has 1 aliphatic heterocycles. The summed E-state index contributed by atoms with van der Waals surface area (Å²) >= 11 is 5.68. The van der Waals surface area contributed by atoms with Crippen LogP contribution in [-0.2, 0) is 9.59 Å². The first-order valence-electron chi connectivity index (χ1n) is 14.2. The Balaban J connectivity index is 1.07. The van der Waals surface area contributed by atoms with E-state index in [0.717, 1.165) is 31.9 Å². The number of halogens is 2. The molecule has 4 aliphatic carbocycles. The van der Waals surface area contributed by atoms with E-state index in [4.69, 9.17) is 16.3 Å². The van der Waals surface area contributed by atoms with Crippen LogP contribution in [0.15, 0.2) is 18.2 Å². The van der Waals surface area contributed by atoms with E-state index in [1.54, 1.807) is 0 Å². The van der Waals surface area contributed by atoms with Crippen molar-refractivity contribution >= 4 is 23.4 Å². The number of nitrogens with zero attached hydrogens (tertiary/aromatic N) is 1. The zero-order valence-corrected chi connectivity index (χ0v) is 22.6. The molecule has 1 heterocycles. The van der Waals surface area contributed by atoms with E-state index in [-0.39, 0.29) is 41.3 Å². The summed E-state index contributed by atoms with van der Waals surface area (Å²) in [7, 11) is 0. The van der Waals surface area contributed by atoms with Crippen LogP contribution in [0.2, 0.25) is 5.02 Å². The van der Waals surface area contributed by atoms with Gasteiger partial charge in [0.15, 0.2) is 6.61 Å². The lowest BCUT2D eigenvalue weighted by Gasteiger charge is -2.40. The molecule has 4 atom stereocenters. The maximum Gasteiger partial charge on any atom is 0.258 e. The minimum absolute atomic E-state index is 0.00154. The molecule has 2 amide bonds. The Hall–Kier alpha value is -2.37. The highest BCUT2D eigenvalue weighted by molar-refractivity contribution is 6.30. The lowest BCUT2D eigenvalue weighted by molar-refractivity contribution is -0.135. The van der Waals surface area contributed by atoms with Crippen molar-refractivity contribution in [2.45, 2.75) is 76.3 Å². The Labute approximate surface area is 229 Å². The van der Waals surface area contributed by atoms with Crippen molar-refractivity contribution in [3.05, 3.63) is 29.0 Å². The number of hydrogen-bond donors (Lipinski definition) is 3. The molecule has 1 aromatic rings. The molecule has 4 unspecified atom stereocenters. The van der Waals surface area contributed by atoms with Crippen molar-refractivity contribution in [1.29, 1.82) is 5.26 Å². The number of hydrogen-bond acceptors (Lipinski definition) is 5. The van der Waals surface area contributed by atoms with Crippen molar-refractivity contribution in [3.8, 4) is 11.8 Å². The van der Waals surface area contributed by atoms with Gasteiger partial charge in [-0.2, -0.15) is 5.26 Å². The zero-order chi connectivity index (χ0) is 26.7. The number of carbonyl (C=O) groups is 2. The van der Waals surface area contributed by atoms with Gasteiger partial charge in [0.2, 0.25) is 5.91 Å². The molecule has 0 spiro atoms. The summed E-state index contributed by atoms with van der Waals surface area (Å²) in [5.41, 5.74) is -0.402. The molecule has 7 nitrogen and oxygen atoms in total. The summed E-state index contributed by atoms with van der Waals surface area (Å²) in [6.07, 6.45) is 10.7. The Morgan fingerprint density at radius 2 is 1.92 bits per heavy atom. The average molecular weight is 545 g/mol. The fraction of sp³-hybridized carbons (Fsp3) is 0.690. The molecule has 2 bridgehead atoms. The van der Waals surface area contributed by atoms with E-state index < -0.39 is 11.2 Å². The summed E-state index contributed by atoms with van der Waals surface area (Å²) in [5.74, 6) is 1.04. The summed E-state index contributed by atoms with van der Waals surface area (Å²) in [4.78, 5) is 25.7. The van der Waals surface area contributed by atoms with Crippen LogP contribution in [0, 0.1) is 46.2 Å². The third kappa shape index (κ3) is 5.94. The molecule has 1 aromatic carbocycles. The van der Waals surface area contributed by atoms with Crippen molar-refractivity contribution in [1.82, 2.24) is 16.0 Å². The monoisotopic (exact) mass is 544 g/mol. The molecule has 9 heteroatoms. The zero-order valence-electron chi connectivity index (χ0n) is 21.8. The van der Waals surface area contributed by atoms with Crippen molar-refractivity contribution < 1.29 is 18.7 Å². The van der Waals surface area contributed by atoms with E-state index in [1.807, 2.05) is 0 Å². The fourth-order valence-corrected chi connectivity index (χ4v) is 7.49. The quantitative estimate of drug-likeness (QED) is 0.422. The predicted molar refractivity (Wildman–Crippen MR) is 142 cm³/mol. The summed E-state index contributed by atoms with van der Waals surface area (Å²) < 4.78 is 19.0. The number of ether oxygens (including phenoxy) is 1. The third-order valence-corrected chi connectivity index (χ3v) is 9.74. The van der Waals surface area contributed by atoms with E-state index in [0.29, 0.717) is 36.6 Å². The molecule has 6 rings (SSSR count). The average Bonchev–Trinajstić information content (AvgIpc) is 3.29. The topological polar surface area (TPSA) is 103 Å². The lowest BCUT2D eigenvalue weighted by atomic mass is 9.69. The van der Waals surface area contributed by atoms with Crippen LogP contribution in [0.25, 0.3) is 0 Å². The van der Waals surface area contributed by atoms with Crippen LogP contribution in [0.3, 0.4) is 0 Å². The smallest absolute Gasteiger partial charge is 0.258 e. The maximum atomic E-state index is 13.6. The predicted octanol–water partition coefficient (Wildman–Crippen LogP) is 4.35. The van der Waals surface area contributed by atoms with Gasteiger partial charge in [0, 0.05) is 25.2 Å². The van der Waals surface area contributed by atoms with Gasteiger partial charge in [-0.3, -0.25) is 9.59 Å². The molecule has 1 saturated heterocycles. The molecule has 5 aliphatic rings. The first-order chi connectivity index (χ1) is 18.4. The van der Waals surface area contributed by atoms with Crippen LogP contribution in [0.5, 0.6) is 5.75 Å². The number of fused-ring (bicyclic) bond motifs is 1. The minimum Gasteiger partial charge on any atom is -0.484 e. The number of amides is 2. The van der Waals surface area contributed by atoms with Gasteiger partial charge in [-0.25, -0.2) is 4.39 Å². The molecule has 4 saturated carbocycles. The second-order valence-electron chi connectivity index (χ2n) is 11.9. The molecular weight excluding hydrogens is 507 g/mol. The van der Waals surface area contributed by atoms with Gasteiger partial charge < -0.3 is 20.7 Å². The first kappa shape index (κ1) is 27.2. The van der Waals surface area contributed by atoms with Gasteiger partial charge in [-0.15, -0.1) is 0 Å². The molecule has 0 aromatic heterocycles. The lowest BCUT2D eigenvalue weighted by Crippen LogP contribution is -2.51. The third-order valence-electron chi connectivity index (χ3n) is 9.43. The van der Waals surface area contributed by atoms with Gasteiger partial charge in [0.25, 0.3) is 5.91 Å². The molecule has 3 N–H and O–H groups in total. The first-order valence-corrected chi connectivity index (χ1v) is 14.5. The number of nitriles is 1. The van der Waals surface area contributed by atoms with E-state index in [2.05, 4.69) is 22.0 Å². The highest BCUT2D eigenvalue weighted by atomic mass is 35.5. The number of piperidine rings is 1. The molecular formula is C29H38ClFN4O3. The van der Waals surface area contributed by atoms with Crippen LogP contribution in [0.4, 0.5) is 4.39 Å². The van der Waals surface area contributed by atoms with Crippen molar-refractivity contribution in [3.63, 3.8) is 0 Å². The minimum atomic E-state index is -0.594. The second-order valence-corrected chi connectivity index (χ2v) is 12.3. The van der Waals surface area contributed by atoms with Gasteiger partial charge in [0.05, 0.1) is 22.5 Å². The fourth-order valence-electron chi connectivity index (χ4n) is 7.37. The highest BCUT2D eigenvalue weighted by Crippen LogP contribution is 2.59. The van der Waals surface area contributed by atoms with Gasteiger partial charge in [-0.1, -0.05) is 50.1 Å². The van der Waals surface area contributed by atoms with Crippen LogP contribution in [0.1, 0.15) is 64.2 Å². The van der Waals surface area contributed by atoms with Gasteiger partial charge >= 0.3 is 0 Å². The number of rotatable bonds is 8. The second kappa shape index (κ2) is 11.8. The SMILES string of the molecule is N#CC1NCC(CNC(=O)C23CC(C2)C(NC(=O)COc2ccc(Cl)c(F)c2)C3)CC1C1CCCCCC1. The highest BCUT2D eigenvalue weighted by Gasteiger charge is 2.60. The van der Waals surface area contributed by atoms with E-state index in [9.17, 15) is 19.2 Å². The Morgan fingerprint density at radius 1 is 1.16 bits per heavy atom. The van der Waals surface area contributed by atoms with Crippen LogP contribution in [-0.4, -0.2) is 43.6 Å². The summed E-state index contributed by atoms with van der Waals surface area (Å²) in [5, 5.41) is 19.4. The Kier molecular flexibility index (Phi) is 8.44. The summed E-state index contributed by atoms with van der Waals surface area (Å²) in [6.45, 7) is 1.17. The van der Waals surface area contributed by atoms with Gasteiger partial charge in [0.1, 0.15) is 11.6 Å². The molecule has 206 valence electrons. The van der Waals surface area contributed by atoms with Crippen LogP contribution >= 0.6 is 11.6 Å². The van der Waals surface area contributed by atoms with E-state index >= 15 is 0 Å². The molecule has 38 heavy (non-hydrogen) atoms. The maximum absolute atomic E-state index is 13.6. The van der Waals surface area contributed by atoms with Crippen molar-refractivity contribution in [2.75, 3.05) is 19.7 Å². The molecule has 0 radical (unpaired) electrons. The number of benzene rings is 1. The molecule has 5 fully saturated rings. The number of carbonyl (C=O) groups excluding carboxylic acids is 2. The normalized spacial score (nSPS) is 32.9. The van der Waals surface area contributed by atoms with Crippen LogP contribution < -0.4 is 20.7 Å². The standard InChI is InChI=1S/C29H38ClFN4O3/c30-23-8-7-21(10-24(23)31)38-17-27(36)35-25-13-29(11-20(25)12-29)28(37)34-16-18-9-22(26(14-32)33-15-18)19-5-3-1-2-4-6-19/h7-8,10,18-20,22,25-26,33H,1-6,9,11-13,15-17H2,(H,34,37)(H,35,36). The Morgan fingerprint density at radius 3 is 2.63 bits per heavy atom. The summed E-state index contributed by atoms with van der Waals surface area (Å²) in [6, 6.07) is 6.42. The number of nitrogens with one attached hydrogen (secondary N) is 3.